The molecular weight excluding hydrogens is 300 g/mol. The lowest BCUT2D eigenvalue weighted by atomic mass is 10.3. The highest BCUT2D eigenvalue weighted by atomic mass is 35.5. The van der Waals surface area contributed by atoms with Crippen LogP contribution in [0.25, 0.3) is 0 Å². The summed E-state index contributed by atoms with van der Waals surface area (Å²) in [6.07, 6.45) is 1.63. The van der Waals surface area contributed by atoms with E-state index in [0.29, 0.717) is 34.7 Å². The maximum atomic E-state index is 12.3. The number of carbonyl (C=O) groups excluding carboxylic acids is 2. The van der Waals surface area contributed by atoms with Crippen LogP contribution < -0.4 is 5.73 Å². The maximum Gasteiger partial charge on any atom is 0.268 e. The molecule has 0 bridgehead atoms. The second-order valence-corrected chi connectivity index (χ2v) is 6.15. The second kappa shape index (κ2) is 4.92. The number of carbonyl (C=O) groups is 2. The molecule has 3 heterocycles. The number of imidazole rings is 1. The largest absolute Gasteiger partial charge is 0.364 e. The Hall–Kier alpha value is -1.86. The zero-order chi connectivity index (χ0) is 14.3. The molecule has 0 saturated carbocycles. The van der Waals surface area contributed by atoms with E-state index in [4.69, 9.17) is 17.3 Å². The molecule has 0 atom stereocenters. The minimum absolute atomic E-state index is 0.0724. The van der Waals surface area contributed by atoms with Gasteiger partial charge in [0.05, 0.1) is 15.8 Å². The lowest BCUT2D eigenvalue weighted by molar-refractivity contribution is 0.0712. The fraction of sp³-hybridized carbons (Fsp3) is 0.250. The van der Waals surface area contributed by atoms with Gasteiger partial charge in [-0.05, 0) is 12.1 Å². The summed E-state index contributed by atoms with van der Waals surface area (Å²) in [5, 5.41) is 0. The van der Waals surface area contributed by atoms with E-state index in [1.54, 1.807) is 23.2 Å². The van der Waals surface area contributed by atoms with E-state index in [1.807, 2.05) is 4.57 Å². The lowest BCUT2D eigenvalue weighted by Gasteiger charge is -2.27. The Kier molecular flexibility index (Phi) is 3.23. The van der Waals surface area contributed by atoms with E-state index >= 15 is 0 Å². The minimum atomic E-state index is -0.560. The molecule has 0 fully saturated rings. The van der Waals surface area contributed by atoms with Crippen LogP contribution >= 0.6 is 22.9 Å². The van der Waals surface area contributed by atoms with Gasteiger partial charge in [0, 0.05) is 19.3 Å². The molecule has 0 aliphatic carbocycles. The van der Waals surface area contributed by atoms with Gasteiger partial charge in [-0.1, -0.05) is 11.6 Å². The molecule has 0 saturated heterocycles. The number of hydrogen-bond donors (Lipinski definition) is 1. The molecule has 8 heteroatoms. The fourth-order valence-electron chi connectivity index (χ4n) is 2.13. The van der Waals surface area contributed by atoms with Gasteiger partial charge in [0.2, 0.25) is 0 Å². The van der Waals surface area contributed by atoms with Crippen molar-refractivity contribution in [2.45, 2.75) is 13.1 Å². The molecule has 2 aromatic rings. The topological polar surface area (TPSA) is 81.2 Å². The summed E-state index contributed by atoms with van der Waals surface area (Å²) in [6.45, 7) is 1.53. The van der Waals surface area contributed by atoms with E-state index in [0.717, 1.165) is 0 Å². The van der Waals surface area contributed by atoms with Crippen LogP contribution in [0.2, 0.25) is 4.34 Å². The number of thiophene rings is 1. The average molecular weight is 311 g/mol. The number of aromatic nitrogens is 2. The highest BCUT2D eigenvalue weighted by Gasteiger charge is 2.25. The Morgan fingerprint density at radius 1 is 1.35 bits per heavy atom. The highest BCUT2D eigenvalue weighted by Crippen LogP contribution is 2.24. The van der Waals surface area contributed by atoms with Gasteiger partial charge in [0.1, 0.15) is 11.5 Å². The monoisotopic (exact) mass is 310 g/mol. The molecule has 2 amide bonds. The summed E-state index contributed by atoms with van der Waals surface area (Å²) >= 11 is 7.10. The van der Waals surface area contributed by atoms with Crippen molar-refractivity contribution in [1.29, 1.82) is 0 Å². The number of fused-ring (bicyclic) bond motifs is 1. The maximum absolute atomic E-state index is 12.3. The molecule has 104 valence electrons. The summed E-state index contributed by atoms with van der Waals surface area (Å²) < 4.78 is 2.44. The first kappa shape index (κ1) is 13.1. The van der Waals surface area contributed by atoms with Crippen LogP contribution in [0.1, 0.15) is 26.0 Å². The van der Waals surface area contributed by atoms with E-state index in [-0.39, 0.29) is 11.6 Å². The minimum Gasteiger partial charge on any atom is -0.364 e. The van der Waals surface area contributed by atoms with Gasteiger partial charge in [-0.15, -0.1) is 11.3 Å². The van der Waals surface area contributed by atoms with Crippen LogP contribution in [-0.4, -0.2) is 32.8 Å². The van der Waals surface area contributed by atoms with Crippen molar-refractivity contribution in [1.82, 2.24) is 14.5 Å². The predicted octanol–water partition coefficient (Wildman–Crippen LogP) is 1.35. The standard InChI is InChI=1S/C12H11ClN4O2S/c13-9-2-1-8(20-9)12(19)17-4-3-16-5-7(11(14)18)15-10(16)6-17/h1-2,5H,3-4,6H2,(H2,14,18). The number of primary amides is 1. The van der Waals surface area contributed by atoms with Crippen LogP contribution in [0.15, 0.2) is 18.3 Å². The Labute approximate surface area is 123 Å². The molecular formula is C12H11ClN4O2S. The number of amides is 2. The Morgan fingerprint density at radius 3 is 2.80 bits per heavy atom. The molecule has 1 aliphatic rings. The highest BCUT2D eigenvalue weighted by molar-refractivity contribution is 7.17. The van der Waals surface area contributed by atoms with E-state index < -0.39 is 5.91 Å². The van der Waals surface area contributed by atoms with Gasteiger partial charge in [0.25, 0.3) is 11.8 Å². The second-order valence-electron chi connectivity index (χ2n) is 4.43. The molecule has 1 aliphatic heterocycles. The third kappa shape index (κ3) is 2.30. The van der Waals surface area contributed by atoms with Gasteiger partial charge in [-0.2, -0.15) is 0 Å². The molecule has 0 aromatic carbocycles. The van der Waals surface area contributed by atoms with Gasteiger partial charge in [-0.25, -0.2) is 4.98 Å². The van der Waals surface area contributed by atoms with Crippen LogP contribution in [0.4, 0.5) is 0 Å². The van der Waals surface area contributed by atoms with Crippen LogP contribution in [0.3, 0.4) is 0 Å². The van der Waals surface area contributed by atoms with Gasteiger partial charge >= 0.3 is 0 Å². The fourth-order valence-corrected chi connectivity index (χ4v) is 3.14. The van der Waals surface area contributed by atoms with Crippen LogP contribution in [0, 0.1) is 0 Å². The van der Waals surface area contributed by atoms with Gasteiger partial charge < -0.3 is 15.2 Å². The Morgan fingerprint density at radius 2 is 2.15 bits per heavy atom. The summed E-state index contributed by atoms with van der Waals surface area (Å²) in [7, 11) is 0. The number of nitrogens with two attached hydrogens (primary N) is 1. The molecule has 2 N–H and O–H groups in total. The SMILES string of the molecule is NC(=O)c1cn2c(n1)CN(C(=O)c1ccc(Cl)s1)CC2. The third-order valence-electron chi connectivity index (χ3n) is 3.13. The number of hydrogen-bond acceptors (Lipinski definition) is 4. The lowest BCUT2D eigenvalue weighted by Crippen LogP contribution is -2.37. The average Bonchev–Trinajstić information content (AvgIpc) is 3.02. The van der Waals surface area contributed by atoms with Crippen molar-refractivity contribution in [2.75, 3.05) is 6.54 Å². The van der Waals surface area contributed by atoms with Gasteiger partial charge in [0.15, 0.2) is 0 Å². The van der Waals surface area contributed by atoms with Crippen molar-refractivity contribution in [2.24, 2.45) is 5.73 Å². The smallest absolute Gasteiger partial charge is 0.268 e. The number of halogens is 1. The predicted molar refractivity (Wildman–Crippen MR) is 74.8 cm³/mol. The zero-order valence-electron chi connectivity index (χ0n) is 10.4. The van der Waals surface area contributed by atoms with Crippen molar-refractivity contribution in [3.8, 4) is 0 Å². The first-order valence-electron chi connectivity index (χ1n) is 5.95. The molecule has 0 unspecified atom stereocenters. The van der Waals surface area contributed by atoms with Gasteiger partial charge in [-0.3, -0.25) is 9.59 Å². The Bertz CT molecular complexity index is 693. The summed E-state index contributed by atoms with van der Waals surface area (Å²) in [5.74, 6) is 0.0349. The Balaban J connectivity index is 1.81. The van der Waals surface area contributed by atoms with E-state index in [9.17, 15) is 9.59 Å². The van der Waals surface area contributed by atoms with Crippen LogP contribution in [0.5, 0.6) is 0 Å². The van der Waals surface area contributed by atoms with Crippen molar-refractivity contribution in [3.05, 3.63) is 39.1 Å². The molecule has 0 spiro atoms. The molecule has 20 heavy (non-hydrogen) atoms. The normalized spacial score (nSPS) is 14.2. The van der Waals surface area contributed by atoms with E-state index in [2.05, 4.69) is 4.98 Å². The molecule has 2 aromatic heterocycles. The van der Waals surface area contributed by atoms with Crippen LogP contribution in [-0.2, 0) is 13.1 Å². The number of rotatable bonds is 2. The third-order valence-corrected chi connectivity index (χ3v) is 4.35. The first-order valence-corrected chi connectivity index (χ1v) is 7.14. The van der Waals surface area contributed by atoms with Crippen molar-refractivity contribution >= 4 is 34.8 Å². The molecule has 0 radical (unpaired) electrons. The molecule has 6 nitrogen and oxygen atoms in total. The zero-order valence-corrected chi connectivity index (χ0v) is 11.9. The number of nitrogens with zero attached hydrogens (tertiary/aromatic N) is 3. The quantitative estimate of drug-likeness (QED) is 0.909. The first-order chi connectivity index (χ1) is 9.54. The van der Waals surface area contributed by atoms with Crippen molar-refractivity contribution < 1.29 is 9.59 Å². The molecule has 3 rings (SSSR count). The van der Waals surface area contributed by atoms with Crippen molar-refractivity contribution in [3.63, 3.8) is 0 Å². The summed E-state index contributed by atoms with van der Waals surface area (Å²) in [4.78, 5) is 29.9. The van der Waals surface area contributed by atoms with E-state index in [1.165, 1.54) is 11.3 Å². The summed E-state index contributed by atoms with van der Waals surface area (Å²) in [6, 6.07) is 3.42. The summed E-state index contributed by atoms with van der Waals surface area (Å²) in [5.41, 5.74) is 5.44.